The molecule has 1 N–H and O–H groups in total. The molecule has 1 heterocycles. The highest BCUT2D eigenvalue weighted by Crippen LogP contribution is 2.22. The van der Waals surface area contributed by atoms with Crippen molar-refractivity contribution < 1.29 is 14.6 Å². The van der Waals surface area contributed by atoms with Crippen LogP contribution in [-0.2, 0) is 16.1 Å². The number of aliphatic hydroxyl groups excluding tert-OH is 1. The van der Waals surface area contributed by atoms with E-state index in [-0.39, 0.29) is 6.10 Å². The summed E-state index contributed by atoms with van der Waals surface area (Å²) in [7, 11) is 0. The van der Waals surface area contributed by atoms with Crippen molar-refractivity contribution in [1.29, 1.82) is 0 Å². The molecule has 1 fully saturated rings. The lowest BCUT2D eigenvalue weighted by molar-refractivity contribution is -0.0204. The Kier molecular flexibility index (Phi) is 7.20. The van der Waals surface area contributed by atoms with Crippen LogP contribution in [0.1, 0.15) is 44.6 Å². The van der Waals surface area contributed by atoms with Crippen LogP contribution < -0.4 is 0 Å². The lowest BCUT2D eigenvalue weighted by atomic mass is 9.97. The molecule has 3 nitrogen and oxygen atoms in total. The maximum absolute atomic E-state index is 9.93. The maximum atomic E-state index is 9.93. The van der Waals surface area contributed by atoms with Crippen molar-refractivity contribution in [2.45, 2.75) is 57.8 Å². The Bertz CT molecular complexity index is 371. The number of rotatable bonds is 8. The van der Waals surface area contributed by atoms with E-state index in [9.17, 15) is 5.11 Å². The lowest BCUT2D eigenvalue weighted by Gasteiger charge is -2.27. The van der Waals surface area contributed by atoms with Crippen LogP contribution >= 0.6 is 0 Å². The first-order chi connectivity index (χ1) is 10.2. The summed E-state index contributed by atoms with van der Waals surface area (Å²) in [6.45, 7) is 4.12. The highest BCUT2D eigenvalue weighted by atomic mass is 16.5. The largest absolute Gasteiger partial charge is 0.391 e. The second kappa shape index (κ2) is 9.19. The van der Waals surface area contributed by atoms with Gasteiger partial charge in [-0.05, 0) is 43.6 Å². The van der Waals surface area contributed by atoms with Gasteiger partial charge in [0.25, 0.3) is 0 Å². The fourth-order valence-corrected chi connectivity index (χ4v) is 2.72. The molecule has 0 saturated carbocycles. The van der Waals surface area contributed by atoms with Crippen molar-refractivity contribution in [3.63, 3.8) is 0 Å². The first-order valence-corrected chi connectivity index (χ1v) is 8.15. The van der Waals surface area contributed by atoms with Crippen molar-refractivity contribution in [3.8, 4) is 0 Å². The van der Waals surface area contributed by atoms with Gasteiger partial charge >= 0.3 is 0 Å². The molecule has 0 amide bonds. The van der Waals surface area contributed by atoms with Gasteiger partial charge in [-0.15, -0.1) is 0 Å². The molecular formula is C18H28O3. The van der Waals surface area contributed by atoms with Crippen LogP contribution in [0.15, 0.2) is 30.3 Å². The van der Waals surface area contributed by atoms with Crippen molar-refractivity contribution in [2.24, 2.45) is 5.92 Å². The molecule has 3 atom stereocenters. The van der Waals surface area contributed by atoms with Gasteiger partial charge in [-0.3, -0.25) is 0 Å². The van der Waals surface area contributed by atoms with E-state index in [0.717, 1.165) is 31.4 Å². The van der Waals surface area contributed by atoms with Gasteiger partial charge in [0.2, 0.25) is 0 Å². The summed E-state index contributed by atoms with van der Waals surface area (Å²) in [6.07, 6.45) is 5.34. The van der Waals surface area contributed by atoms with Crippen LogP contribution in [0, 0.1) is 5.92 Å². The summed E-state index contributed by atoms with van der Waals surface area (Å²) < 4.78 is 11.4. The summed E-state index contributed by atoms with van der Waals surface area (Å²) in [4.78, 5) is 0. The number of hydrogen-bond acceptors (Lipinski definition) is 3. The Morgan fingerprint density at radius 2 is 2.10 bits per heavy atom. The predicted molar refractivity (Wildman–Crippen MR) is 84.1 cm³/mol. The van der Waals surface area contributed by atoms with Gasteiger partial charge in [-0.1, -0.05) is 37.3 Å². The number of aliphatic hydroxyl groups is 1. The third-order valence-corrected chi connectivity index (χ3v) is 4.08. The summed E-state index contributed by atoms with van der Waals surface area (Å²) in [6, 6.07) is 10.1. The van der Waals surface area contributed by atoms with E-state index in [0.29, 0.717) is 25.2 Å². The van der Waals surface area contributed by atoms with Crippen LogP contribution in [0.2, 0.25) is 0 Å². The normalized spacial score (nSPS) is 23.9. The van der Waals surface area contributed by atoms with Crippen LogP contribution in [0.3, 0.4) is 0 Å². The molecule has 0 unspecified atom stereocenters. The molecule has 1 aromatic carbocycles. The number of ether oxygens (including phenoxy) is 2. The predicted octanol–water partition coefficient (Wildman–Crippen LogP) is 3.55. The summed E-state index contributed by atoms with van der Waals surface area (Å²) in [5.41, 5.74) is 1.15. The SMILES string of the molecule is C[C@H]1CC[C@H](CCC[C@H](O)COCc2ccccc2)OC1. The van der Waals surface area contributed by atoms with E-state index in [4.69, 9.17) is 9.47 Å². The van der Waals surface area contributed by atoms with Crippen molar-refractivity contribution >= 4 is 0 Å². The average molecular weight is 292 g/mol. The summed E-state index contributed by atoms with van der Waals surface area (Å²) in [5, 5.41) is 9.93. The summed E-state index contributed by atoms with van der Waals surface area (Å²) in [5.74, 6) is 0.707. The molecule has 0 radical (unpaired) electrons. The van der Waals surface area contributed by atoms with Crippen LogP contribution in [-0.4, -0.2) is 30.5 Å². The molecule has 0 bridgehead atoms. The van der Waals surface area contributed by atoms with Crippen molar-refractivity contribution in [2.75, 3.05) is 13.2 Å². The van der Waals surface area contributed by atoms with Crippen LogP contribution in [0.5, 0.6) is 0 Å². The zero-order valence-corrected chi connectivity index (χ0v) is 13.0. The van der Waals surface area contributed by atoms with Crippen molar-refractivity contribution in [1.82, 2.24) is 0 Å². The number of benzene rings is 1. The van der Waals surface area contributed by atoms with E-state index in [1.165, 1.54) is 12.8 Å². The molecule has 1 aromatic rings. The van der Waals surface area contributed by atoms with E-state index in [1.807, 2.05) is 30.3 Å². The Labute approximate surface area is 128 Å². The molecule has 1 aliphatic rings. The third kappa shape index (κ3) is 6.60. The Hall–Kier alpha value is -0.900. The molecule has 118 valence electrons. The Morgan fingerprint density at radius 3 is 2.81 bits per heavy atom. The smallest absolute Gasteiger partial charge is 0.0773 e. The van der Waals surface area contributed by atoms with E-state index >= 15 is 0 Å². The second-order valence-electron chi connectivity index (χ2n) is 6.22. The van der Waals surface area contributed by atoms with E-state index in [1.54, 1.807) is 0 Å². The van der Waals surface area contributed by atoms with E-state index in [2.05, 4.69) is 6.92 Å². The first kappa shape index (κ1) is 16.5. The minimum atomic E-state index is -0.365. The van der Waals surface area contributed by atoms with Crippen molar-refractivity contribution in [3.05, 3.63) is 35.9 Å². The molecule has 3 heteroatoms. The average Bonchev–Trinajstić information content (AvgIpc) is 2.50. The summed E-state index contributed by atoms with van der Waals surface area (Å²) >= 11 is 0. The van der Waals surface area contributed by atoms with Gasteiger partial charge in [-0.25, -0.2) is 0 Å². The zero-order chi connectivity index (χ0) is 14.9. The Morgan fingerprint density at radius 1 is 1.29 bits per heavy atom. The van der Waals surface area contributed by atoms with Gasteiger partial charge in [0.05, 0.1) is 25.4 Å². The first-order valence-electron chi connectivity index (χ1n) is 8.15. The van der Waals surface area contributed by atoms with Crippen LogP contribution in [0.4, 0.5) is 0 Å². The Balaban J connectivity index is 1.50. The van der Waals surface area contributed by atoms with Gasteiger partial charge < -0.3 is 14.6 Å². The molecule has 1 aliphatic heterocycles. The lowest BCUT2D eigenvalue weighted by Crippen LogP contribution is -2.24. The molecule has 0 spiro atoms. The van der Waals surface area contributed by atoms with Gasteiger partial charge in [-0.2, -0.15) is 0 Å². The van der Waals surface area contributed by atoms with Gasteiger partial charge in [0.15, 0.2) is 0 Å². The molecule has 0 aliphatic carbocycles. The van der Waals surface area contributed by atoms with Gasteiger partial charge in [0.1, 0.15) is 0 Å². The molecular weight excluding hydrogens is 264 g/mol. The molecule has 1 saturated heterocycles. The monoisotopic (exact) mass is 292 g/mol. The topological polar surface area (TPSA) is 38.7 Å². The highest BCUT2D eigenvalue weighted by Gasteiger charge is 2.18. The quantitative estimate of drug-likeness (QED) is 0.796. The fourth-order valence-electron chi connectivity index (χ4n) is 2.72. The van der Waals surface area contributed by atoms with Crippen LogP contribution in [0.25, 0.3) is 0 Å². The highest BCUT2D eigenvalue weighted by molar-refractivity contribution is 5.13. The van der Waals surface area contributed by atoms with Gasteiger partial charge in [0, 0.05) is 6.61 Å². The third-order valence-electron chi connectivity index (χ3n) is 4.08. The van der Waals surface area contributed by atoms with E-state index < -0.39 is 0 Å². The minimum absolute atomic E-state index is 0.365. The standard InChI is InChI=1S/C18H28O3/c1-15-10-11-18(21-12-15)9-5-8-17(19)14-20-13-16-6-3-2-4-7-16/h2-4,6-7,15,17-19H,5,8-14H2,1H3/t15-,17-,18-/m0/s1. The molecule has 21 heavy (non-hydrogen) atoms. The fraction of sp³-hybridized carbons (Fsp3) is 0.667. The maximum Gasteiger partial charge on any atom is 0.0773 e. The molecule has 0 aromatic heterocycles. The number of hydrogen-bond donors (Lipinski definition) is 1. The second-order valence-corrected chi connectivity index (χ2v) is 6.22. The molecule has 2 rings (SSSR count). The minimum Gasteiger partial charge on any atom is -0.391 e. The zero-order valence-electron chi connectivity index (χ0n) is 13.0.